The first kappa shape index (κ1) is 16.9. The Morgan fingerprint density at radius 3 is 2.62 bits per heavy atom. The molecule has 0 aliphatic carbocycles. The van der Waals surface area contributed by atoms with Crippen LogP contribution in [0.15, 0.2) is 89.6 Å². The fraction of sp³-hybridized carbons (Fsp3) is 0. The summed E-state index contributed by atoms with van der Waals surface area (Å²) in [6.07, 6.45) is 3.39. The van der Waals surface area contributed by atoms with Crippen LogP contribution in [-0.4, -0.2) is 21.1 Å². The summed E-state index contributed by atoms with van der Waals surface area (Å²) in [5.74, 6) is 0.801. The van der Waals surface area contributed by atoms with E-state index >= 15 is 0 Å². The zero-order valence-corrected chi connectivity index (χ0v) is 15.3. The lowest BCUT2D eigenvalue weighted by Crippen LogP contribution is -2.13. The molecule has 2 heterocycles. The number of H-pyrrole nitrogens is 1. The molecule has 140 valence electrons. The third kappa shape index (κ3) is 3.17. The number of carbonyl (C=O) groups excluding carboxylic acids is 1. The van der Waals surface area contributed by atoms with E-state index in [2.05, 4.69) is 20.5 Å². The van der Waals surface area contributed by atoms with E-state index in [9.17, 15) is 4.79 Å². The van der Waals surface area contributed by atoms with Gasteiger partial charge >= 0.3 is 0 Å². The molecule has 1 amide bonds. The summed E-state index contributed by atoms with van der Waals surface area (Å²) >= 11 is 0. The quantitative estimate of drug-likeness (QED) is 0.452. The molecule has 0 saturated heterocycles. The van der Waals surface area contributed by atoms with Gasteiger partial charge in [-0.2, -0.15) is 5.10 Å². The Morgan fingerprint density at radius 2 is 1.72 bits per heavy atom. The van der Waals surface area contributed by atoms with Crippen LogP contribution in [0.3, 0.4) is 0 Å². The van der Waals surface area contributed by atoms with Crippen molar-refractivity contribution in [1.82, 2.24) is 15.2 Å². The van der Waals surface area contributed by atoms with E-state index in [1.165, 1.54) is 0 Å². The highest BCUT2D eigenvalue weighted by Crippen LogP contribution is 2.29. The van der Waals surface area contributed by atoms with Crippen molar-refractivity contribution in [1.29, 1.82) is 0 Å². The maximum Gasteiger partial charge on any atom is 0.256 e. The summed E-state index contributed by atoms with van der Waals surface area (Å²) in [5, 5.41) is 10.8. The number of amides is 1. The smallest absolute Gasteiger partial charge is 0.256 e. The molecule has 5 aromatic rings. The largest absolute Gasteiger partial charge is 0.436 e. The molecule has 0 atom stereocenters. The molecular weight excluding hydrogens is 364 g/mol. The summed E-state index contributed by atoms with van der Waals surface area (Å²) in [7, 11) is 0. The number of aromatic nitrogens is 3. The van der Waals surface area contributed by atoms with Crippen molar-refractivity contribution in [2.45, 2.75) is 0 Å². The van der Waals surface area contributed by atoms with E-state index in [1.54, 1.807) is 18.5 Å². The molecule has 2 N–H and O–H groups in total. The van der Waals surface area contributed by atoms with Crippen LogP contribution in [0.5, 0.6) is 0 Å². The molecule has 0 aliphatic heterocycles. The highest BCUT2D eigenvalue weighted by Gasteiger charge is 2.18. The highest BCUT2D eigenvalue weighted by atomic mass is 16.4. The Hall–Kier alpha value is -4.19. The Kier molecular flexibility index (Phi) is 4.14. The molecule has 3 aromatic carbocycles. The zero-order valence-electron chi connectivity index (χ0n) is 15.3. The summed E-state index contributed by atoms with van der Waals surface area (Å²) in [6, 6.07) is 22.6. The number of fused-ring (bicyclic) bond motifs is 1. The average molecular weight is 380 g/mol. The maximum atomic E-state index is 13.0. The third-order valence-corrected chi connectivity index (χ3v) is 4.69. The molecule has 0 unspecified atom stereocenters. The SMILES string of the molecule is O=C(Nc1cccc2cn[nH]c12)c1ccccc1-c1ncc(-c2ccccc2)o1. The van der Waals surface area contributed by atoms with Crippen molar-refractivity contribution >= 4 is 22.5 Å². The first-order chi connectivity index (χ1) is 14.3. The van der Waals surface area contributed by atoms with E-state index in [1.807, 2.05) is 66.7 Å². The van der Waals surface area contributed by atoms with Crippen LogP contribution < -0.4 is 5.32 Å². The van der Waals surface area contributed by atoms with Gasteiger partial charge in [-0.25, -0.2) is 4.98 Å². The summed E-state index contributed by atoms with van der Waals surface area (Å²) in [6.45, 7) is 0. The standard InChI is InChI=1S/C23H16N4O2/c28-22(26-19-12-6-9-16-13-25-27-21(16)19)17-10-4-5-11-18(17)23-24-14-20(29-23)15-7-2-1-3-8-15/h1-14H,(H,25,27)(H,26,28). The number of oxazole rings is 1. The highest BCUT2D eigenvalue weighted by molar-refractivity contribution is 6.11. The molecule has 0 spiro atoms. The molecular formula is C23H16N4O2. The lowest BCUT2D eigenvalue weighted by Gasteiger charge is -2.09. The van der Waals surface area contributed by atoms with Crippen LogP contribution >= 0.6 is 0 Å². The van der Waals surface area contributed by atoms with E-state index in [4.69, 9.17) is 4.42 Å². The lowest BCUT2D eigenvalue weighted by molar-refractivity contribution is 0.102. The van der Waals surface area contributed by atoms with Crippen LogP contribution in [0, 0.1) is 0 Å². The number of anilines is 1. The van der Waals surface area contributed by atoms with Crippen molar-refractivity contribution in [2.24, 2.45) is 0 Å². The Balaban J connectivity index is 1.49. The van der Waals surface area contributed by atoms with Crippen LogP contribution in [0.2, 0.25) is 0 Å². The van der Waals surface area contributed by atoms with Gasteiger partial charge in [0, 0.05) is 16.5 Å². The molecule has 0 radical (unpaired) electrons. The van der Waals surface area contributed by atoms with Gasteiger partial charge in [0.15, 0.2) is 5.76 Å². The van der Waals surface area contributed by atoms with E-state index in [0.29, 0.717) is 28.5 Å². The maximum absolute atomic E-state index is 13.0. The van der Waals surface area contributed by atoms with Gasteiger partial charge in [-0.3, -0.25) is 9.89 Å². The minimum Gasteiger partial charge on any atom is -0.436 e. The third-order valence-electron chi connectivity index (χ3n) is 4.69. The number of rotatable bonds is 4. The van der Waals surface area contributed by atoms with Gasteiger partial charge in [0.05, 0.1) is 29.2 Å². The monoisotopic (exact) mass is 380 g/mol. The number of hydrogen-bond acceptors (Lipinski definition) is 4. The first-order valence-electron chi connectivity index (χ1n) is 9.14. The predicted molar refractivity (Wildman–Crippen MR) is 111 cm³/mol. The van der Waals surface area contributed by atoms with Gasteiger partial charge in [-0.05, 0) is 18.2 Å². The second kappa shape index (κ2) is 7.09. The van der Waals surface area contributed by atoms with Crippen LogP contribution in [0.1, 0.15) is 10.4 Å². The molecule has 0 aliphatic rings. The molecule has 0 fully saturated rings. The van der Waals surface area contributed by atoms with E-state index in [-0.39, 0.29) is 5.91 Å². The Labute approximate surface area is 166 Å². The summed E-state index contributed by atoms with van der Waals surface area (Å²) in [4.78, 5) is 17.4. The van der Waals surface area contributed by atoms with Gasteiger partial charge < -0.3 is 9.73 Å². The van der Waals surface area contributed by atoms with Gasteiger partial charge in [0.1, 0.15) is 0 Å². The van der Waals surface area contributed by atoms with Crippen LogP contribution in [0.25, 0.3) is 33.7 Å². The van der Waals surface area contributed by atoms with E-state index < -0.39 is 0 Å². The first-order valence-corrected chi connectivity index (χ1v) is 9.14. The fourth-order valence-electron chi connectivity index (χ4n) is 3.26. The van der Waals surface area contributed by atoms with Crippen LogP contribution in [-0.2, 0) is 0 Å². The van der Waals surface area contributed by atoms with Gasteiger partial charge in [-0.1, -0.05) is 54.6 Å². The van der Waals surface area contributed by atoms with E-state index in [0.717, 1.165) is 16.5 Å². The molecule has 29 heavy (non-hydrogen) atoms. The zero-order chi connectivity index (χ0) is 19.6. The second-order valence-electron chi connectivity index (χ2n) is 6.54. The molecule has 6 heteroatoms. The number of carbonyl (C=O) groups is 1. The molecule has 0 bridgehead atoms. The summed E-state index contributed by atoms with van der Waals surface area (Å²) in [5.41, 5.74) is 3.48. The number of hydrogen-bond donors (Lipinski definition) is 2. The Bertz CT molecular complexity index is 1300. The molecule has 6 nitrogen and oxygen atoms in total. The van der Waals surface area contributed by atoms with Crippen molar-refractivity contribution in [3.8, 4) is 22.8 Å². The fourth-order valence-corrected chi connectivity index (χ4v) is 3.26. The molecule has 0 saturated carbocycles. The average Bonchev–Trinajstić information content (AvgIpc) is 3.45. The van der Waals surface area contributed by atoms with Gasteiger partial charge in [0.2, 0.25) is 5.89 Å². The number of para-hydroxylation sites is 1. The van der Waals surface area contributed by atoms with Crippen molar-refractivity contribution < 1.29 is 9.21 Å². The number of nitrogens with zero attached hydrogens (tertiary/aromatic N) is 2. The summed E-state index contributed by atoms with van der Waals surface area (Å²) < 4.78 is 5.95. The van der Waals surface area contributed by atoms with Crippen molar-refractivity contribution in [3.63, 3.8) is 0 Å². The number of nitrogens with one attached hydrogen (secondary N) is 2. The van der Waals surface area contributed by atoms with Crippen LogP contribution in [0.4, 0.5) is 5.69 Å². The van der Waals surface area contributed by atoms with Gasteiger partial charge in [0.25, 0.3) is 5.91 Å². The lowest BCUT2D eigenvalue weighted by atomic mass is 10.1. The normalized spacial score (nSPS) is 10.9. The van der Waals surface area contributed by atoms with Crippen molar-refractivity contribution in [2.75, 3.05) is 5.32 Å². The second-order valence-corrected chi connectivity index (χ2v) is 6.54. The minimum atomic E-state index is -0.248. The number of aromatic amines is 1. The minimum absolute atomic E-state index is 0.248. The predicted octanol–water partition coefficient (Wildman–Crippen LogP) is 5.14. The topological polar surface area (TPSA) is 83.8 Å². The Morgan fingerprint density at radius 1 is 0.897 bits per heavy atom. The van der Waals surface area contributed by atoms with Gasteiger partial charge in [-0.15, -0.1) is 0 Å². The molecule has 5 rings (SSSR count). The van der Waals surface area contributed by atoms with Crippen molar-refractivity contribution in [3.05, 3.63) is 90.8 Å². The molecule has 2 aromatic heterocycles. The number of benzene rings is 3.